The molecule has 0 radical (unpaired) electrons. The van der Waals surface area contributed by atoms with Gasteiger partial charge in [0, 0.05) is 11.6 Å². The van der Waals surface area contributed by atoms with Gasteiger partial charge in [-0.25, -0.2) is 27.5 Å². The Morgan fingerprint density at radius 1 is 1.00 bits per heavy atom. The highest BCUT2D eigenvalue weighted by Crippen LogP contribution is 2.24. The smallest absolute Gasteiger partial charge is 0.335 e. The summed E-state index contributed by atoms with van der Waals surface area (Å²) in [5.41, 5.74) is 0.987. The van der Waals surface area contributed by atoms with Gasteiger partial charge < -0.3 is 10.1 Å². The van der Waals surface area contributed by atoms with E-state index in [1.165, 1.54) is 40.6 Å². The lowest BCUT2D eigenvalue weighted by atomic mass is 10.1. The predicted molar refractivity (Wildman–Crippen MR) is 134 cm³/mol. The van der Waals surface area contributed by atoms with Gasteiger partial charge in [0.15, 0.2) is 5.65 Å². The highest BCUT2D eigenvalue weighted by atomic mass is 19.1. The lowest BCUT2D eigenvalue weighted by Gasteiger charge is -2.14. The number of rotatable bonds is 7. The van der Waals surface area contributed by atoms with Gasteiger partial charge in [-0.05, 0) is 48.9 Å². The summed E-state index contributed by atoms with van der Waals surface area (Å²) in [6.07, 6.45) is 1.43. The summed E-state index contributed by atoms with van der Waals surface area (Å²) in [6, 6.07) is 16.1. The fraction of sp³-hybridized carbons (Fsp3) is 0.148. The quantitative estimate of drug-likeness (QED) is 0.328. The van der Waals surface area contributed by atoms with E-state index in [4.69, 9.17) is 4.74 Å². The molecule has 0 spiro atoms. The number of nitrogens with zero attached hydrogens (tertiary/aromatic N) is 4. The minimum absolute atomic E-state index is 0.218. The van der Waals surface area contributed by atoms with Crippen molar-refractivity contribution in [3.63, 3.8) is 0 Å². The summed E-state index contributed by atoms with van der Waals surface area (Å²) in [5.74, 6) is -1.13. The van der Waals surface area contributed by atoms with Crippen molar-refractivity contribution in [2.75, 3.05) is 12.4 Å². The van der Waals surface area contributed by atoms with E-state index in [1.807, 2.05) is 6.92 Å². The molecule has 0 aliphatic rings. The average Bonchev–Trinajstić information content (AvgIpc) is 3.16. The van der Waals surface area contributed by atoms with Crippen molar-refractivity contribution in [3.8, 4) is 11.4 Å². The van der Waals surface area contributed by atoms with Crippen molar-refractivity contribution < 1.29 is 17.9 Å². The van der Waals surface area contributed by atoms with Crippen LogP contribution < -0.4 is 15.7 Å². The van der Waals surface area contributed by atoms with Crippen molar-refractivity contribution in [2.45, 2.75) is 19.5 Å². The van der Waals surface area contributed by atoms with Crippen molar-refractivity contribution in [2.24, 2.45) is 0 Å². The summed E-state index contributed by atoms with van der Waals surface area (Å²) in [5, 5.41) is 3.15. The van der Waals surface area contributed by atoms with Crippen LogP contribution in [0.2, 0.25) is 0 Å². The minimum Gasteiger partial charge on any atom is -0.497 e. The van der Waals surface area contributed by atoms with Crippen LogP contribution in [-0.2, 0) is 6.54 Å². The van der Waals surface area contributed by atoms with E-state index in [-0.39, 0.29) is 41.1 Å². The molecule has 37 heavy (non-hydrogen) atoms. The lowest BCUT2D eigenvalue weighted by molar-refractivity contribution is 0.414. The molecule has 0 saturated heterocycles. The molecule has 0 aliphatic heterocycles. The van der Waals surface area contributed by atoms with Crippen LogP contribution in [0.5, 0.6) is 5.75 Å². The van der Waals surface area contributed by atoms with Crippen LogP contribution in [-0.4, -0.2) is 26.2 Å². The van der Waals surface area contributed by atoms with Crippen molar-refractivity contribution in [1.82, 2.24) is 19.1 Å². The first-order valence-corrected chi connectivity index (χ1v) is 11.4. The Labute approximate surface area is 209 Å². The van der Waals surface area contributed by atoms with Crippen LogP contribution in [0.1, 0.15) is 24.1 Å². The number of methoxy groups -OCH3 is 1. The van der Waals surface area contributed by atoms with Crippen molar-refractivity contribution in [3.05, 3.63) is 112 Å². The molecule has 0 aliphatic carbocycles. The van der Waals surface area contributed by atoms with Gasteiger partial charge >= 0.3 is 5.69 Å². The number of ether oxygens (including phenoxy) is 1. The van der Waals surface area contributed by atoms with Crippen LogP contribution in [0.4, 0.5) is 19.1 Å². The molecule has 2 aromatic heterocycles. The third-order valence-corrected chi connectivity index (χ3v) is 6.08. The molecule has 5 aromatic rings. The van der Waals surface area contributed by atoms with Crippen molar-refractivity contribution in [1.29, 1.82) is 0 Å². The zero-order chi connectivity index (χ0) is 26.1. The summed E-state index contributed by atoms with van der Waals surface area (Å²) in [7, 11) is 1.51. The number of halogens is 3. The number of hydrogen-bond donors (Lipinski definition) is 1. The molecule has 0 fully saturated rings. The molecule has 0 saturated carbocycles. The van der Waals surface area contributed by atoms with Gasteiger partial charge in [-0.2, -0.15) is 4.98 Å². The first kappa shape index (κ1) is 24.1. The zero-order valence-corrected chi connectivity index (χ0v) is 20.0. The minimum atomic E-state index is -0.762. The van der Waals surface area contributed by atoms with Crippen molar-refractivity contribution >= 4 is 17.1 Å². The van der Waals surface area contributed by atoms with E-state index in [2.05, 4.69) is 15.3 Å². The Morgan fingerprint density at radius 2 is 1.70 bits per heavy atom. The molecule has 5 rings (SSSR count). The van der Waals surface area contributed by atoms with E-state index in [0.717, 1.165) is 17.7 Å². The van der Waals surface area contributed by atoms with E-state index >= 15 is 0 Å². The maximum Gasteiger partial charge on any atom is 0.335 e. The Kier molecular flexibility index (Phi) is 6.39. The normalized spacial score (nSPS) is 12.0. The maximum atomic E-state index is 14.4. The second kappa shape index (κ2) is 9.81. The van der Waals surface area contributed by atoms with Crippen LogP contribution in [0, 0.1) is 17.5 Å². The molecule has 3 aromatic carbocycles. The molecule has 2 heterocycles. The van der Waals surface area contributed by atoms with Gasteiger partial charge in [0.1, 0.15) is 28.7 Å². The van der Waals surface area contributed by atoms with Gasteiger partial charge in [0.05, 0.1) is 31.6 Å². The summed E-state index contributed by atoms with van der Waals surface area (Å²) in [6.45, 7) is 1.51. The molecule has 0 bridgehead atoms. The van der Waals surface area contributed by atoms with Crippen LogP contribution in [0.25, 0.3) is 16.9 Å². The molecular formula is C27H22F3N5O2. The third-order valence-electron chi connectivity index (χ3n) is 6.08. The van der Waals surface area contributed by atoms with Crippen LogP contribution in [0.15, 0.2) is 77.7 Å². The average molecular weight is 506 g/mol. The Morgan fingerprint density at radius 3 is 2.41 bits per heavy atom. The number of anilines is 1. The molecule has 10 heteroatoms. The van der Waals surface area contributed by atoms with E-state index in [9.17, 15) is 18.0 Å². The zero-order valence-electron chi connectivity index (χ0n) is 20.0. The van der Waals surface area contributed by atoms with Gasteiger partial charge in [-0.15, -0.1) is 0 Å². The van der Waals surface area contributed by atoms with Gasteiger partial charge in [0.25, 0.3) is 0 Å². The fourth-order valence-electron chi connectivity index (χ4n) is 4.11. The predicted octanol–water partition coefficient (Wildman–Crippen LogP) is 5.23. The molecule has 1 N–H and O–H groups in total. The Balaban J connectivity index is 1.64. The van der Waals surface area contributed by atoms with E-state index in [0.29, 0.717) is 11.4 Å². The van der Waals surface area contributed by atoms with Crippen LogP contribution in [0.3, 0.4) is 0 Å². The number of aromatic nitrogens is 4. The number of fused-ring (bicyclic) bond motifs is 1. The monoisotopic (exact) mass is 505 g/mol. The molecule has 7 nitrogen and oxygen atoms in total. The highest BCUT2D eigenvalue weighted by molar-refractivity contribution is 5.74. The fourth-order valence-corrected chi connectivity index (χ4v) is 4.11. The standard InChI is InChI=1S/C27H22F3N5O2/c1-16(17-9-11-18(28)12-10-17)32-26-31-14-24-25(33-26)35(19-5-3-6-20(13-19)37-2)27(36)34(24)15-21-22(29)7-4-8-23(21)30/h3-14,16H,15H2,1-2H3,(H,31,32,33)/t16-/m1/s1. The topological polar surface area (TPSA) is 74.0 Å². The first-order chi connectivity index (χ1) is 17.9. The van der Waals surface area contributed by atoms with E-state index in [1.54, 1.807) is 36.4 Å². The maximum absolute atomic E-state index is 14.4. The number of nitrogens with one attached hydrogen (secondary N) is 1. The van der Waals surface area contributed by atoms with Gasteiger partial charge in [-0.3, -0.25) is 4.57 Å². The van der Waals surface area contributed by atoms with Gasteiger partial charge in [0.2, 0.25) is 5.95 Å². The third kappa shape index (κ3) is 4.65. The summed E-state index contributed by atoms with van der Waals surface area (Å²) in [4.78, 5) is 22.5. The summed E-state index contributed by atoms with van der Waals surface area (Å²) < 4.78 is 50.1. The molecule has 0 amide bonds. The second-order valence-electron chi connectivity index (χ2n) is 8.43. The van der Waals surface area contributed by atoms with E-state index < -0.39 is 17.3 Å². The largest absolute Gasteiger partial charge is 0.497 e. The Bertz CT molecular complexity index is 1630. The number of imidazole rings is 1. The Hall–Kier alpha value is -4.60. The molecule has 188 valence electrons. The van der Waals surface area contributed by atoms with Gasteiger partial charge in [-0.1, -0.05) is 24.3 Å². The first-order valence-electron chi connectivity index (χ1n) is 11.4. The SMILES string of the molecule is COc1cccc(-n2c(=O)n(Cc3c(F)cccc3F)c3cnc(N[C@H](C)c4ccc(F)cc4)nc32)c1. The number of benzene rings is 3. The summed E-state index contributed by atoms with van der Waals surface area (Å²) >= 11 is 0. The number of hydrogen-bond acceptors (Lipinski definition) is 5. The molecular weight excluding hydrogens is 483 g/mol. The van der Waals surface area contributed by atoms with Crippen LogP contribution >= 0.6 is 0 Å². The highest BCUT2D eigenvalue weighted by Gasteiger charge is 2.21. The molecule has 1 atom stereocenters. The molecule has 0 unspecified atom stereocenters. The lowest BCUT2D eigenvalue weighted by Crippen LogP contribution is -2.24. The second-order valence-corrected chi connectivity index (χ2v) is 8.43.